The second kappa shape index (κ2) is 6.43. The van der Waals surface area contributed by atoms with Crippen LogP contribution in [0.3, 0.4) is 0 Å². The van der Waals surface area contributed by atoms with Gasteiger partial charge in [-0.3, -0.25) is 9.69 Å². The van der Waals surface area contributed by atoms with Gasteiger partial charge in [0.15, 0.2) is 0 Å². The van der Waals surface area contributed by atoms with Crippen LogP contribution < -0.4 is 15.8 Å². The Morgan fingerprint density at radius 1 is 1.42 bits per heavy atom. The number of hydrogen-bond acceptors (Lipinski definition) is 4. The maximum absolute atomic E-state index is 11.3. The number of nitrogens with one attached hydrogen (secondary N) is 1. The molecule has 1 aromatic carbocycles. The zero-order chi connectivity index (χ0) is 13.7. The fourth-order valence-corrected chi connectivity index (χ4v) is 2.23. The normalized spacial score (nSPS) is 16.8. The molecular formula is C14H21N3O2. The molecule has 1 aliphatic heterocycles. The number of hydrogen-bond donors (Lipinski definition) is 2. The first kappa shape index (κ1) is 13.7. The van der Waals surface area contributed by atoms with Crippen molar-refractivity contribution in [2.24, 2.45) is 0 Å². The number of carbonyl (C=O) groups excluding carboxylic acids is 1. The van der Waals surface area contributed by atoms with Crippen LogP contribution in [0.25, 0.3) is 0 Å². The van der Waals surface area contributed by atoms with Crippen molar-refractivity contribution in [1.29, 1.82) is 0 Å². The van der Waals surface area contributed by atoms with E-state index in [-0.39, 0.29) is 5.91 Å². The Hall–Kier alpha value is -1.75. The van der Waals surface area contributed by atoms with Gasteiger partial charge in [-0.1, -0.05) is 0 Å². The first-order valence-corrected chi connectivity index (χ1v) is 6.69. The molecule has 0 spiro atoms. The second-order valence-corrected chi connectivity index (χ2v) is 4.68. The fraction of sp³-hybridized carbons (Fsp3) is 0.500. The molecule has 5 heteroatoms. The van der Waals surface area contributed by atoms with Gasteiger partial charge in [-0.2, -0.15) is 0 Å². The highest BCUT2D eigenvalue weighted by Crippen LogP contribution is 2.23. The van der Waals surface area contributed by atoms with Crippen molar-refractivity contribution in [3.63, 3.8) is 0 Å². The number of nitrogens with two attached hydrogens (primary N) is 1. The third kappa shape index (κ3) is 3.86. The molecule has 0 radical (unpaired) electrons. The number of rotatable bonds is 4. The third-order valence-corrected chi connectivity index (χ3v) is 3.18. The number of ether oxygens (including phenoxy) is 1. The summed E-state index contributed by atoms with van der Waals surface area (Å²) in [6.07, 6.45) is 0.548. The summed E-state index contributed by atoms with van der Waals surface area (Å²) in [5.74, 6) is 1.00. The number of amides is 1. The lowest BCUT2D eigenvalue weighted by molar-refractivity contribution is -0.120. The van der Waals surface area contributed by atoms with Gasteiger partial charge in [-0.15, -0.1) is 0 Å². The standard InChI is InChI=1S/C14H21N3O2/c1-2-19-13-4-3-12(15)9-11(13)10-17-7-5-14(18)16-6-8-17/h3-4,9H,2,5-8,10,15H2,1H3,(H,16,18). The first-order chi connectivity index (χ1) is 9.19. The lowest BCUT2D eigenvalue weighted by Crippen LogP contribution is -2.28. The zero-order valence-corrected chi connectivity index (χ0v) is 11.3. The van der Waals surface area contributed by atoms with E-state index in [1.807, 2.05) is 25.1 Å². The van der Waals surface area contributed by atoms with Crippen LogP contribution in [0.1, 0.15) is 18.9 Å². The largest absolute Gasteiger partial charge is 0.494 e. The summed E-state index contributed by atoms with van der Waals surface area (Å²) in [7, 11) is 0. The lowest BCUT2D eigenvalue weighted by atomic mass is 10.1. The molecule has 104 valence electrons. The topological polar surface area (TPSA) is 67.6 Å². The number of benzene rings is 1. The molecule has 3 N–H and O–H groups in total. The van der Waals surface area contributed by atoms with Crippen LogP contribution in [0.5, 0.6) is 5.75 Å². The Kier molecular flexibility index (Phi) is 4.63. The van der Waals surface area contributed by atoms with Gasteiger partial charge in [0.05, 0.1) is 6.61 Å². The van der Waals surface area contributed by atoms with Crippen LogP contribution in [0.2, 0.25) is 0 Å². The number of nitrogens with zero attached hydrogens (tertiary/aromatic N) is 1. The van der Waals surface area contributed by atoms with E-state index in [2.05, 4.69) is 10.2 Å². The van der Waals surface area contributed by atoms with Crippen molar-refractivity contribution in [1.82, 2.24) is 10.2 Å². The Morgan fingerprint density at radius 2 is 2.26 bits per heavy atom. The molecule has 0 bridgehead atoms. The van der Waals surface area contributed by atoms with Gasteiger partial charge in [0.2, 0.25) is 5.91 Å². The van der Waals surface area contributed by atoms with Gasteiger partial charge in [0.1, 0.15) is 5.75 Å². The molecule has 1 saturated heterocycles. The van der Waals surface area contributed by atoms with E-state index in [0.717, 1.165) is 36.6 Å². The van der Waals surface area contributed by atoms with Gasteiger partial charge in [-0.05, 0) is 25.1 Å². The maximum atomic E-state index is 11.3. The van der Waals surface area contributed by atoms with Gasteiger partial charge in [0.25, 0.3) is 0 Å². The van der Waals surface area contributed by atoms with Gasteiger partial charge < -0.3 is 15.8 Å². The Balaban J connectivity index is 2.08. The Bertz CT molecular complexity index is 448. The molecule has 1 aromatic rings. The SMILES string of the molecule is CCOc1ccc(N)cc1CN1CCNC(=O)CC1. The van der Waals surface area contributed by atoms with E-state index in [1.165, 1.54) is 0 Å². The third-order valence-electron chi connectivity index (χ3n) is 3.18. The summed E-state index contributed by atoms with van der Waals surface area (Å²) in [6.45, 7) is 5.68. The molecule has 1 amide bonds. The number of nitrogen functional groups attached to an aromatic ring is 1. The predicted molar refractivity (Wildman–Crippen MR) is 74.9 cm³/mol. The molecule has 2 rings (SSSR count). The van der Waals surface area contributed by atoms with Crippen molar-refractivity contribution in [3.05, 3.63) is 23.8 Å². The molecule has 0 aliphatic carbocycles. The molecule has 19 heavy (non-hydrogen) atoms. The van der Waals surface area contributed by atoms with E-state index < -0.39 is 0 Å². The van der Waals surface area contributed by atoms with Crippen molar-refractivity contribution < 1.29 is 9.53 Å². The molecule has 0 aromatic heterocycles. The predicted octanol–water partition coefficient (Wildman–Crippen LogP) is 0.989. The first-order valence-electron chi connectivity index (χ1n) is 6.69. The van der Waals surface area contributed by atoms with Crippen molar-refractivity contribution in [2.45, 2.75) is 19.9 Å². The Morgan fingerprint density at radius 3 is 3.05 bits per heavy atom. The molecule has 0 saturated carbocycles. The molecule has 1 aliphatic rings. The average Bonchev–Trinajstić information content (AvgIpc) is 2.58. The van der Waals surface area contributed by atoms with Crippen molar-refractivity contribution in [2.75, 3.05) is 32.0 Å². The number of anilines is 1. The van der Waals surface area contributed by atoms with Gasteiger partial charge in [-0.25, -0.2) is 0 Å². The van der Waals surface area contributed by atoms with E-state index >= 15 is 0 Å². The average molecular weight is 263 g/mol. The maximum Gasteiger partial charge on any atom is 0.221 e. The van der Waals surface area contributed by atoms with E-state index in [9.17, 15) is 4.79 Å². The van der Waals surface area contributed by atoms with Gasteiger partial charge >= 0.3 is 0 Å². The molecular weight excluding hydrogens is 242 g/mol. The van der Waals surface area contributed by atoms with Crippen LogP contribution in [0, 0.1) is 0 Å². The quantitative estimate of drug-likeness (QED) is 0.795. The smallest absolute Gasteiger partial charge is 0.221 e. The van der Waals surface area contributed by atoms with Crippen LogP contribution in [0.15, 0.2) is 18.2 Å². The molecule has 1 heterocycles. The van der Waals surface area contributed by atoms with Crippen molar-refractivity contribution >= 4 is 11.6 Å². The highest BCUT2D eigenvalue weighted by Gasteiger charge is 2.15. The monoisotopic (exact) mass is 263 g/mol. The lowest BCUT2D eigenvalue weighted by Gasteiger charge is -2.21. The summed E-state index contributed by atoms with van der Waals surface area (Å²) >= 11 is 0. The van der Waals surface area contributed by atoms with E-state index in [0.29, 0.717) is 19.6 Å². The zero-order valence-electron chi connectivity index (χ0n) is 11.3. The minimum absolute atomic E-state index is 0.125. The molecule has 5 nitrogen and oxygen atoms in total. The fourth-order valence-electron chi connectivity index (χ4n) is 2.23. The Labute approximate surface area is 113 Å². The molecule has 1 fully saturated rings. The van der Waals surface area contributed by atoms with Crippen LogP contribution in [0.4, 0.5) is 5.69 Å². The van der Waals surface area contributed by atoms with E-state index in [1.54, 1.807) is 0 Å². The van der Waals surface area contributed by atoms with Gasteiger partial charge in [0, 0.05) is 43.9 Å². The highest BCUT2D eigenvalue weighted by atomic mass is 16.5. The second-order valence-electron chi connectivity index (χ2n) is 4.68. The summed E-state index contributed by atoms with van der Waals surface area (Å²) < 4.78 is 5.62. The molecule has 0 unspecified atom stereocenters. The summed E-state index contributed by atoms with van der Waals surface area (Å²) in [5.41, 5.74) is 7.66. The minimum atomic E-state index is 0.125. The van der Waals surface area contributed by atoms with Crippen molar-refractivity contribution in [3.8, 4) is 5.75 Å². The highest BCUT2D eigenvalue weighted by molar-refractivity contribution is 5.76. The summed E-state index contributed by atoms with van der Waals surface area (Å²) in [4.78, 5) is 13.6. The van der Waals surface area contributed by atoms with E-state index in [4.69, 9.17) is 10.5 Å². The molecule has 0 atom stereocenters. The van der Waals surface area contributed by atoms with Crippen LogP contribution in [-0.2, 0) is 11.3 Å². The number of carbonyl (C=O) groups is 1. The van der Waals surface area contributed by atoms with Crippen LogP contribution in [-0.4, -0.2) is 37.0 Å². The minimum Gasteiger partial charge on any atom is -0.494 e. The van der Waals surface area contributed by atoms with Crippen LogP contribution >= 0.6 is 0 Å². The summed E-state index contributed by atoms with van der Waals surface area (Å²) in [6, 6.07) is 5.71. The summed E-state index contributed by atoms with van der Waals surface area (Å²) in [5, 5.41) is 2.87.